The number of hydrogen-bond donors (Lipinski definition) is 1. The third-order valence-electron chi connectivity index (χ3n) is 2.30. The maximum absolute atomic E-state index is 5.93. The van der Waals surface area contributed by atoms with Crippen molar-refractivity contribution < 1.29 is 0 Å². The zero-order valence-corrected chi connectivity index (χ0v) is 9.91. The molecule has 0 fully saturated rings. The van der Waals surface area contributed by atoms with Crippen LogP contribution < -0.4 is 5.32 Å². The minimum absolute atomic E-state index is 0.771. The van der Waals surface area contributed by atoms with Crippen LogP contribution in [0.4, 0.5) is 0 Å². The maximum atomic E-state index is 5.93. The van der Waals surface area contributed by atoms with Crippen molar-refractivity contribution in [2.75, 3.05) is 7.05 Å². The fourth-order valence-corrected chi connectivity index (χ4v) is 1.82. The summed E-state index contributed by atoms with van der Waals surface area (Å²) in [7, 11) is 1.91. The third-order valence-corrected chi connectivity index (χ3v) is 2.53. The summed E-state index contributed by atoms with van der Waals surface area (Å²) in [5, 5.41) is 3.84. The SMILES string of the molecule is CNCc1cn(Cc2cccc(Cl)c2)cn1. The highest BCUT2D eigenvalue weighted by Crippen LogP contribution is 2.12. The Bertz CT molecular complexity index is 465. The first kappa shape index (κ1) is 11.2. The predicted octanol–water partition coefficient (Wildman–Crippen LogP) is 2.30. The van der Waals surface area contributed by atoms with Crippen LogP contribution in [0.2, 0.25) is 5.02 Å². The molecule has 1 aromatic carbocycles. The van der Waals surface area contributed by atoms with Gasteiger partial charge >= 0.3 is 0 Å². The van der Waals surface area contributed by atoms with Gasteiger partial charge in [0.1, 0.15) is 0 Å². The minimum atomic E-state index is 0.771. The lowest BCUT2D eigenvalue weighted by Crippen LogP contribution is -2.05. The van der Waals surface area contributed by atoms with Gasteiger partial charge in [-0.1, -0.05) is 23.7 Å². The van der Waals surface area contributed by atoms with Gasteiger partial charge in [0, 0.05) is 24.3 Å². The highest BCUT2D eigenvalue weighted by molar-refractivity contribution is 6.30. The highest BCUT2D eigenvalue weighted by atomic mass is 35.5. The third kappa shape index (κ3) is 2.84. The monoisotopic (exact) mass is 235 g/mol. The molecule has 16 heavy (non-hydrogen) atoms. The van der Waals surface area contributed by atoms with Gasteiger partial charge in [0.25, 0.3) is 0 Å². The lowest BCUT2D eigenvalue weighted by atomic mass is 10.2. The van der Waals surface area contributed by atoms with Crippen molar-refractivity contribution in [2.45, 2.75) is 13.1 Å². The molecule has 1 aromatic heterocycles. The minimum Gasteiger partial charge on any atom is -0.333 e. The van der Waals surface area contributed by atoms with Gasteiger partial charge in [-0.05, 0) is 24.7 Å². The summed E-state index contributed by atoms with van der Waals surface area (Å²) in [6.45, 7) is 1.60. The molecule has 0 atom stereocenters. The number of rotatable bonds is 4. The molecule has 0 bridgehead atoms. The molecule has 2 aromatic rings. The Morgan fingerprint density at radius 3 is 3.06 bits per heavy atom. The number of halogens is 1. The van der Waals surface area contributed by atoms with Crippen LogP contribution in [0.25, 0.3) is 0 Å². The van der Waals surface area contributed by atoms with Gasteiger partial charge in [-0.2, -0.15) is 0 Å². The van der Waals surface area contributed by atoms with Crippen LogP contribution in [0, 0.1) is 0 Å². The zero-order valence-electron chi connectivity index (χ0n) is 9.15. The summed E-state index contributed by atoms with van der Waals surface area (Å²) < 4.78 is 2.05. The Labute approximate surface area is 100 Å². The van der Waals surface area contributed by atoms with Gasteiger partial charge in [-0.3, -0.25) is 0 Å². The standard InChI is InChI=1S/C12H14ClN3/c1-14-6-12-8-16(9-15-12)7-10-3-2-4-11(13)5-10/h2-5,8-9,14H,6-7H2,1H3. The van der Waals surface area contributed by atoms with Crippen LogP contribution in [-0.2, 0) is 13.1 Å². The second-order valence-electron chi connectivity index (χ2n) is 3.70. The van der Waals surface area contributed by atoms with Crippen LogP contribution in [0.1, 0.15) is 11.3 Å². The fraction of sp³-hybridized carbons (Fsp3) is 0.250. The normalized spacial score (nSPS) is 10.6. The molecule has 0 aliphatic carbocycles. The van der Waals surface area contributed by atoms with Gasteiger partial charge in [-0.15, -0.1) is 0 Å². The van der Waals surface area contributed by atoms with E-state index in [1.165, 1.54) is 5.56 Å². The summed E-state index contributed by atoms with van der Waals surface area (Å²) >= 11 is 5.93. The number of benzene rings is 1. The van der Waals surface area contributed by atoms with E-state index in [1.807, 2.05) is 37.8 Å². The zero-order chi connectivity index (χ0) is 11.4. The van der Waals surface area contributed by atoms with E-state index in [-0.39, 0.29) is 0 Å². The summed E-state index contributed by atoms with van der Waals surface area (Å²) in [5.41, 5.74) is 2.23. The Morgan fingerprint density at radius 1 is 1.44 bits per heavy atom. The molecule has 1 N–H and O–H groups in total. The van der Waals surface area contributed by atoms with E-state index in [2.05, 4.69) is 20.9 Å². The largest absolute Gasteiger partial charge is 0.333 e. The van der Waals surface area contributed by atoms with E-state index in [0.29, 0.717) is 0 Å². The molecule has 0 amide bonds. The molecule has 3 nitrogen and oxygen atoms in total. The molecule has 1 heterocycles. The van der Waals surface area contributed by atoms with Crippen molar-refractivity contribution in [1.29, 1.82) is 0 Å². The maximum Gasteiger partial charge on any atom is 0.0953 e. The van der Waals surface area contributed by atoms with Gasteiger partial charge in [0.2, 0.25) is 0 Å². The molecular formula is C12H14ClN3. The van der Waals surface area contributed by atoms with E-state index in [4.69, 9.17) is 11.6 Å². The molecule has 0 radical (unpaired) electrons. The van der Waals surface area contributed by atoms with Crippen molar-refractivity contribution in [2.24, 2.45) is 0 Å². The molecule has 84 valence electrons. The van der Waals surface area contributed by atoms with Crippen molar-refractivity contribution in [1.82, 2.24) is 14.9 Å². The Hall–Kier alpha value is -1.32. The molecule has 4 heteroatoms. The molecule has 0 unspecified atom stereocenters. The molecule has 0 aliphatic rings. The van der Waals surface area contributed by atoms with Crippen molar-refractivity contribution in [3.63, 3.8) is 0 Å². The first-order valence-corrected chi connectivity index (χ1v) is 5.55. The molecular weight excluding hydrogens is 222 g/mol. The van der Waals surface area contributed by atoms with Gasteiger partial charge in [0.05, 0.1) is 12.0 Å². The van der Waals surface area contributed by atoms with Crippen LogP contribution in [0.5, 0.6) is 0 Å². The van der Waals surface area contributed by atoms with Crippen LogP contribution >= 0.6 is 11.6 Å². The van der Waals surface area contributed by atoms with E-state index in [1.54, 1.807) is 0 Å². The van der Waals surface area contributed by atoms with Gasteiger partial charge < -0.3 is 9.88 Å². The molecule has 0 saturated carbocycles. The number of nitrogens with zero attached hydrogens (tertiary/aromatic N) is 2. The van der Waals surface area contributed by atoms with E-state index >= 15 is 0 Å². The van der Waals surface area contributed by atoms with Crippen molar-refractivity contribution in [3.05, 3.63) is 53.1 Å². The summed E-state index contributed by atoms with van der Waals surface area (Å²) in [6, 6.07) is 7.87. The first-order valence-electron chi connectivity index (χ1n) is 5.17. The lowest BCUT2D eigenvalue weighted by molar-refractivity contribution is 0.782. The van der Waals surface area contributed by atoms with Crippen LogP contribution in [0.3, 0.4) is 0 Å². The van der Waals surface area contributed by atoms with E-state index < -0.39 is 0 Å². The van der Waals surface area contributed by atoms with E-state index in [9.17, 15) is 0 Å². The van der Waals surface area contributed by atoms with Gasteiger partial charge in [0.15, 0.2) is 0 Å². The topological polar surface area (TPSA) is 29.9 Å². The molecule has 0 spiro atoms. The highest BCUT2D eigenvalue weighted by Gasteiger charge is 1.99. The number of imidazole rings is 1. The molecule has 0 saturated heterocycles. The Morgan fingerprint density at radius 2 is 2.31 bits per heavy atom. The van der Waals surface area contributed by atoms with E-state index in [0.717, 1.165) is 23.8 Å². The second kappa shape index (κ2) is 5.14. The lowest BCUT2D eigenvalue weighted by Gasteiger charge is -2.02. The number of nitrogens with one attached hydrogen (secondary N) is 1. The first-order chi connectivity index (χ1) is 7.78. The van der Waals surface area contributed by atoms with Crippen LogP contribution in [-0.4, -0.2) is 16.6 Å². The van der Waals surface area contributed by atoms with Crippen LogP contribution in [0.15, 0.2) is 36.8 Å². The smallest absolute Gasteiger partial charge is 0.0953 e. The molecule has 2 rings (SSSR count). The van der Waals surface area contributed by atoms with Crippen molar-refractivity contribution in [3.8, 4) is 0 Å². The summed E-state index contributed by atoms with van der Waals surface area (Å²) in [6.07, 6.45) is 3.88. The number of hydrogen-bond acceptors (Lipinski definition) is 2. The average molecular weight is 236 g/mol. The molecule has 0 aliphatic heterocycles. The second-order valence-corrected chi connectivity index (χ2v) is 4.13. The van der Waals surface area contributed by atoms with Crippen molar-refractivity contribution >= 4 is 11.6 Å². The Kier molecular flexibility index (Phi) is 3.59. The number of aromatic nitrogens is 2. The average Bonchev–Trinajstić information content (AvgIpc) is 2.66. The summed E-state index contributed by atoms with van der Waals surface area (Å²) in [4.78, 5) is 4.29. The van der Waals surface area contributed by atoms with Gasteiger partial charge in [-0.25, -0.2) is 4.98 Å². The quantitative estimate of drug-likeness (QED) is 0.882. The fourth-order valence-electron chi connectivity index (χ4n) is 1.61. The Balaban J connectivity index is 2.08. The predicted molar refractivity (Wildman–Crippen MR) is 65.5 cm³/mol. The summed E-state index contributed by atoms with van der Waals surface area (Å²) in [5.74, 6) is 0.